The van der Waals surface area contributed by atoms with Gasteiger partial charge in [0.15, 0.2) is 0 Å². The monoisotopic (exact) mass is 481 g/mol. The summed E-state index contributed by atoms with van der Waals surface area (Å²) in [4.78, 5) is 24.9. The molecule has 0 radical (unpaired) electrons. The summed E-state index contributed by atoms with van der Waals surface area (Å²) in [5.41, 5.74) is -5.78. The highest BCUT2D eigenvalue weighted by Gasteiger charge is 2.53. The summed E-state index contributed by atoms with van der Waals surface area (Å²) < 4.78 is 97.0. The molecule has 1 aliphatic rings. The van der Waals surface area contributed by atoms with Gasteiger partial charge in [0.2, 0.25) is 0 Å². The van der Waals surface area contributed by atoms with E-state index >= 15 is 0 Å². The van der Waals surface area contributed by atoms with Crippen LogP contribution in [0.15, 0.2) is 52.9 Å². The second-order valence-corrected chi connectivity index (χ2v) is 6.69. The molecule has 1 N–H and O–H groups in total. The summed E-state index contributed by atoms with van der Waals surface area (Å²) in [6.07, 6.45) is -10.8. The average molecular weight is 481 g/mol. The Morgan fingerprint density at radius 1 is 0.848 bits per heavy atom. The Morgan fingerprint density at radius 2 is 1.30 bits per heavy atom. The number of benzene rings is 1. The normalized spacial score (nSPS) is 15.4. The molecule has 0 saturated carbocycles. The first kappa shape index (κ1) is 26.2. The third kappa shape index (κ3) is 6.50. The van der Waals surface area contributed by atoms with Crippen LogP contribution in [-0.2, 0) is 30.4 Å². The number of allylic oxidation sites excluding steroid dienone is 2. The predicted molar refractivity (Wildman–Crippen MR) is 102 cm³/mol. The lowest BCUT2D eigenvalue weighted by molar-refractivity contribution is -0.145. The minimum absolute atomic E-state index is 0.195. The van der Waals surface area contributed by atoms with E-state index in [0.29, 0.717) is 5.56 Å². The van der Waals surface area contributed by atoms with Crippen LogP contribution in [0.5, 0.6) is 0 Å². The molecule has 12 heteroatoms. The van der Waals surface area contributed by atoms with Crippen molar-refractivity contribution >= 4 is 11.9 Å². The SMILES string of the molecule is CCOC(=O)C1=C(C(F)(F)F)NC(C(F)(F)F)=C(C(=O)OCC)C1COCc1ccccc1. The summed E-state index contributed by atoms with van der Waals surface area (Å²) in [5, 5.41) is 1.20. The van der Waals surface area contributed by atoms with Crippen molar-refractivity contribution in [3.05, 3.63) is 58.4 Å². The molecule has 1 aromatic carbocycles. The lowest BCUT2D eigenvalue weighted by atomic mass is 9.85. The molecule has 6 nitrogen and oxygen atoms in total. The Hall–Kier alpha value is -3.02. The lowest BCUT2D eigenvalue weighted by Crippen LogP contribution is -2.45. The van der Waals surface area contributed by atoms with Gasteiger partial charge in [-0.3, -0.25) is 0 Å². The molecular weight excluding hydrogens is 460 g/mol. The molecule has 1 aliphatic heterocycles. The van der Waals surface area contributed by atoms with Crippen LogP contribution in [0.3, 0.4) is 0 Å². The van der Waals surface area contributed by atoms with Crippen molar-refractivity contribution in [1.29, 1.82) is 0 Å². The summed E-state index contributed by atoms with van der Waals surface area (Å²) in [5.74, 6) is -5.12. The van der Waals surface area contributed by atoms with Gasteiger partial charge >= 0.3 is 24.3 Å². The first-order valence-corrected chi connectivity index (χ1v) is 9.77. The standard InChI is InChI=1S/C21H21F6NO5/c1-3-32-18(29)14-13(11-31-10-12-8-6-5-7-9-12)15(19(30)33-4-2)17(21(25,26)27)28-16(14)20(22,23)24/h5-9,13,28H,3-4,10-11H2,1-2H3. The molecule has 2 rings (SSSR count). The van der Waals surface area contributed by atoms with Gasteiger partial charge in [0.05, 0.1) is 43.5 Å². The number of carbonyl (C=O) groups is 2. The van der Waals surface area contributed by atoms with E-state index in [1.807, 2.05) is 0 Å². The van der Waals surface area contributed by atoms with E-state index in [-0.39, 0.29) is 19.8 Å². The lowest BCUT2D eigenvalue weighted by Gasteiger charge is -2.33. The van der Waals surface area contributed by atoms with Crippen LogP contribution in [0.2, 0.25) is 0 Å². The molecule has 33 heavy (non-hydrogen) atoms. The van der Waals surface area contributed by atoms with E-state index in [2.05, 4.69) is 9.47 Å². The summed E-state index contributed by atoms with van der Waals surface area (Å²) in [6, 6.07) is 8.25. The largest absolute Gasteiger partial charge is 0.463 e. The van der Waals surface area contributed by atoms with Crippen LogP contribution in [0.1, 0.15) is 19.4 Å². The second-order valence-electron chi connectivity index (χ2n) is 6.69. The minimum atomic E-state index is -5.39. The summed E-state index contributed by atoms with van der Waals surface area (Å²) in [7, 11) is 0. The Morgan fingerprint density at radius 3 is 1.70 bits per heavy atom. The molecule has 182 valence electrons. The molecule has 1 heterocycles. The molecule has 0 unspecified atom stereocenters. The van der Waals surface area contributed by atoms with Gasteiger partial charge in [-0.25, -0.2) is 9.59 Å². The zero-order valence-electron chi connectivity index (χ0n) is 17.6. The second kappa shape index (κ2) is 10.7. The minimum Gasteiger partial charge on any atom is -0.463 e. The molecular formula is C21H21F6NO5. The number of hydrogen-bond donors (Lipinski definition) is 1. The molecule has 0 amide bonds. The third-order valence-electron chi connectivity index (χ3n) is 4.44. The van der Waals surface area contributed by atoms with Crippen molar-refractivity contribution in [2.75, 3.05) is 19.8 Å². The zero-order chi connectivity index (χ0) is 24.8. The van der Waals surface area contributed by atoms with Gasteiger partial charge in [-0.2, -0.15) is 26.3 Å². The quantitative estimate of drug-likeness (QED) is 0.444. The fraction of sp³-hybridized carbons (Fsp3) is 0.429. The highest BCUT2D eigenvalue weighted by Crippen LogP contribution is 2.42. The Bertz CT molecular complexity index is 869. The highest BCUT2D eigenvalue weighted by atomic mass is 19.4. The maximum atomic E-state index is 13.7. The van der Waals surface area contributed by atoms with Gasteiger partial charge in [0.1, 0.15) is 11.4 Å². The zero-order valence-corrected chi connectivity index (χ0v) is 17.6. The van der Waals surface area contributed by atoms with Gasteiger partial charge in [0, 0.05) is 0 Å². The van der Waals surface area contributed by atoms with Gasteiger partial charge in [-0.15, -0.1) is 0 Å². The molecule has 0 fully saturated rings. The Labute approximate surface area is 185 Å². The van der Waals surface area contributed by atoms with E-state index in [4.69, 9.17) is 4.74 Å². The van der Waals surface area contributed by atoms with Crippen molar-refractivity contribution < 1.29 is 50.1 Å². The van der Waals surface area contributed by atoms with Gasteiger partial charge in [0.25, 0.3) is 0 Å². The Balaban J connectivity index is 2.63. The maximum absolute atomic E-state index is 13.7. The molecule has 0 bridgehead atoms. The molecule has 1 aromatic rings. The summed E-state index contributed by atoms with van der Waals surface area (Å²) >= 11 is 0. The smallest absolute Gasteiger partial charge is 0.431 e. The first-order chi connectivity index (χ1) is 15.4. The van der Waals surface area contributed by atoms with Crippen molar-refractivity contribution in [2.24, 2.45) is 5.92 Å². The fourth-order valence-corrected chi connectivity index (χ4v) is 3.14. The first-order valence-electron chi connectivity index (χ1n) is 9.77. The summed E-state index contributed by atoms with van der Waals surface area (Å²) in [6.45, 7) is 0.876. The van der Waals surface area contributed by atoms with E-state index in [0.717, 1.165) is 0 Å². The fourth-order valence-electron chi connectivity index (χ4n) is 3.14. The number of dihydropyridines is 1. The Kier molecular flexibility index (Phi) is 8.53. The predicted octanol–water partition coefficient (Wildman–Crippen LogP) is 4.18. The van der Waals surface area contributed by atoms with Crippen molar-refractivity contribution in [3.63, 3.8) is 0 Å². The van der Waals surface area contributed by atoms with Crippen LogP contribution >= 0.6 is 0 Å². The molecule has 0 aromatic heterocycles. The molecule has 0 atom stereocenters. The maximum Gasteiger partial charge on any atom is 0.431 e. The molecule has 0 saturated heterocycles. The van der Waals surface area contributed by atoms with Crippen molar-refractivity contribution in [1.82, 2.24) is 5.32 Å². The molecule has 0 spiro atoms. The highest BCUT2D eigenvalue weighted by molar-refractivity contribution is 5.98. The number of ether oxygens (including phenoxy) is 3. The van der Waals surface area contributed by atoms with Crippen molar-refractivity contribution in [2.45, 2.75) is 32.8 Å². The number of esters is 2. The van der Waals surface area contributed by atoms with Crippen LogP contribution in [-0.4, -0.2) is 44.1 Å². The van der Waals surface area contributed by atoms with E-state index in [1.165, 1.54) is 19.2 Å². The number of halogens is 6. The number of rotatable bonds is 8. The van der Waals surface area contributed by atoms with E-state index in [1.54, 1.807) is 30.3 Å². The van der Waals surface area contributed by atoms with Crippen LogP contribution < -0.4 is 5.32 Å². The number of hydrogen-bond acceptors (Lipinski definition) is 6. The van der Waals surface area contributed by atoms with Gasteiger partial charge in [-0.05, 0) is 19.4 Å². The van der Waals surface area contributed by atoms with Gasteiger partial charge in [-0.1, -0.05) is 30.3 Å². The number of alkyl halides is 6. The third-order valence-corrected chi connectivity index (χ3v) is 4.44. The van der Waals surface area contributed by atoms with Crippen molar-refractivity contribution in [3.8, 4) is 0 Å². The van der Waals surface area contributed by atoms with Crippen LogP contribution in [0, 0.1) is 5.92 Å². The van der Waals surface area contributed by atoms with Crippen LogP contribution in [0.25, 0.3) is 0 Å². The van der Waals surface area contributed by atoms with E-state index < -0.39 is 59.4 Å². The van der Waals surface area contributed by atoms with E-state index in [9.17, 15) is 35.9 Å². The van der Waals surface area contributed by atoms with Gasteiger partial charge < -0.3 is 19.5 Å². The van der Waals surface area contributed by atoms with Crippen LogP contribution in [0.4, 0.5) is 26.3 Å². The number of nitrogens with one attached hydrogen (secondary N) is 1. The number of carbonyl (C=O) groups excluding carboxylic acids is 2. The average Bonchev–Trinajstić information content (AvgIpc) is 2.72. The molecule has 0 aliphatic carbocycles. The topological polar surface area (TPSA) is 73.9 Å².